The van der Waals surface area contributed by atoms with Crippen LogP contribution in [0.1, 0.15) is 19.8 Å². The summed E-state index contributed by atoms with van der Waals surface area (Å²) in [6.07, 6.45) is 2.05. The van der Waals surface area contributed by atoms with Crippen molar-refractivity contribution in [3.8, 4) is 22.7 Å². The lowest BCUT2D eigenvalue weighted by atomic mass is 10.3. The van der Waals surface area contributed by atoms with Crippen LogP contribution in [-0.4, -0.2) is 0 Å². The zero-order valence-electron chi connectivity index (χ0n) is 10.8. The van der Waals surface area contributed by atoms with Crippen LogP contribution < -0.4 is 4.74 Å². The summed E-state index contributed by atoms with van der Waals surface area (Å²) < 4.78 is 5.95. The maximum atomic E-state index is 5.95. The van der Waals surface area contributed by atoms with Gasteiger partial charge in [-0.1, -0.05) is 31.2 Å². The van der Waals surface area contributed by atoms with E-state index in [1.165, 1.54) is 9.79 Å². The highest BCUT2D eigenvalue weighted by molar-refractivity contribution is 8.01. The molecule has 2 heteroatoms. The Morgan fingerprint density at radius 2 is 1.53 bits per heavy atom. The normalized spacial score (nSPS) is 12.7. The lowest BCUT2D eigenvalue weighted by molar-refractivity contribution is 0.453. The van der Waals surface area contributed by atoms with E-state index >= 15 is 0 Å². The standard InChI is InChI=1S/C17H15OS/c1-2-3-8-13-19-16-11-6-4-9-14(16)18-15-10-5-7-12-17(15)19/h4-7,9-12H,2-3H2,1H3/q+1. The smallest absolute Gasteiger partial charge is 0.218 e. The molecule has 0 unspecified atom stereocenters. The van der Waals surface area contributed by atoms with E-state index in [4.69, 9.17) is 4.74 Å². The Labute approximate surface area is 117 Å². The second-order valence-corrected chi connectivity index (χ2v) is 6.03. The minimum absolute atomic E-state index is 0.182. The molecule has 1 heterocycles. The number of benzene rings is 2. The van der Waals surface area contributed by atoms with E-state index in [0.717, 1.165) is 24.3 Å². The summed E-state index contributed by atoms with van der Waals surface area (Å²) in [5.41, 5.74) is 0. The van der Waals surface area contributed by atoms with Crippen molar-refractivity contribution in [2.24, 2.45) is 0 Å². The van der Waals surface area contributed by atoms with E-state index in [9.17, 15) is 0 Å². The van der Waals surface area contributed by atoms with Crippen molar-refractivity contribution >= 4 is 10.9 Å². The highest BCUT2D eigenvalue weighted by Gasteiger charge is 2.36. The highest BCUT2D eigenvalue weighted by Crippen LogP contribution is 2.42. The van der Waals surface area contributed by atoms with Crippen LogP contribution in [0.15, 0.2) is 58.3 Å². The van der Waals surface area contributed by atoms with Crippen molar-refractivity contribution in [3.05, 3.63) is 48.5 Å². The van der Waals surface area contributed by atoms with Gasteiger partial charge in [0.15, 0.2) is 27.6 Å². The van der Waals surface area contributed by atoms with Gasteiger partial charge in [-0.05, 0) is 36.6 Å². The number of hydrogen-bond donors (Lipinski definition) is 0. The molecule has 0 amide bonds. The molecule has 94 valence electrons. The van der Waals surface area contributed by atoms with Crippen molar-refractivity contribution in [2.75, 3.05) is 0 Å². The Morgan fingerprint density at radius 1 is 0.947 bits per heavy atom. The molecule has 0 bridgehead atoms. The average Bonchev–Trinajstić information content (AvgIpc) is 2.46. The van der Waals surface area contributed by atoms with E-state index in [-0.39, 0.29) is 10.9 Å². The fraction of sp³-hybridized carbons (Fsp3) is 0.176. The molecule has 0 aliphatic carbocycles. The lowest BCUT2D eigenvalue weighted by Gasteiger charge is -2.15. The zero-order valence-corrected chi connectivity index (χ0v) is 11.7. The lowest BCUT2D eigenvalue weighted by Crippen LogP contribution is -2.09. The van der Waals surface area contributed by atoms with Crippen molar-refractivity contribution in [3.63, 3.8) is 0 Å². The molecule has 0 aromatic heterocycles. The van der Waals surface area contributed by atoms with E-state index < -0.39 is 0 Å². The Balaban J connectivity index is 2.09. The molecule has 2 aromatic carbocycles. The molecule has 0 radical (unpaired) electrons. The first-order chi connectivity index (χ1) is 9.40. The Morgan fingerprint density at radius 3 is 2.11 bits per heavy atom. The van der Waals surface area contributed by atoms with E-state index in [1.807, 2.05) is 24.3 Å². The fourth-order valence-electron chi connectivity index (χ4n) is 2.00. The molecule has 1 aliphatic rings. The number of rotatable bonds is 1. The van der Waals surface area contributed by atoms with Gasteiger partial charge in [-0.3, -0.25) is 0 Å². The number of fused-ring (bicyclic) bond motifs is 2. The molecule has 0 spiro atoms. The predicted molar refractivity (Wildman–Crippen MR) is 79.5 cm³/mol. The van der Waals surface area contributed by atoms with Gasteiger partial charge in [0.1, 0.15) is 0 Å². The molecule has 0 saturated heterocycles. The van der Waals surface area contributed by atoms with Crippen LogP contribution >= 0.6 is 0 Å². The van der Waals surface area contributed by atoms with Crippen molar-refractivity contribution in [1.29, 1.82) is 0 Å². The minimum atomic E-state index is -0.182. The quantitative estimate of drug-likeness (QED) is 0.542. The summed E-state index contributed by atoms with van der Waals surface area (Å²) >= 11 is 0. The third-order valence-electron chi connectivity index (χ3n) is 2.91. The van der Waals surface area contributed by atoms with Crippen LogP contribution in [0, 0.1) is 11.2 Å². The summed E-state index contributed by atoms with van der Waals surface area (Å²) in [7, 11) is -0.182. The second kappa shape index (κ2) is 5.42. The van der Waals surface area contributed by atoms with Gasteiger partial charge in [0.05, 0.1) is 0 Å². The molecule has 0 N–H and O–H groups in total. The molecule has 0 fully saturated rings. The molecule has 1 nitrogen and oxygen atoms in total. The van der Waals surface area contributed by atoms with Gasteiger partial charge in [0.25, 0.3) is 0 Å². The second-order valence-electron chi connectivity index (χ2n) is 4.33. The molecule has 0 atom stereocenters. The number of hydrogen-bond acceptors (Lipinski definition) is 1. The highest BCUT2D eigenvalue weighted by atomic mass is 32.2. The molecule has 2 aromatic rings. The summed E-state index contributed by atoms with van der Waals surface area (Å²) in [5, 5.41) is 3.43. The maximum Gasteiger partial charge on any atom is 0.218 e. The first-order valence-electron chi connectivity index (χ1n) is 6.49. The van der Waals surface area contributed by atoms with E-state index in [2.05, 4.69) is 42.4 Å². The predicted octanol–water partition coefficient (Wildman–Crippen LogP) is 4.59. The molecular weight excluding hydrogens is 252 g/mol. The van der Waals surface area contributed by atoms with Gasteiger partial charge in [-0.2, -0.15) is 0 Å². The van der Waals surface area contributed by atoms with Gasteiger partial charge >= 0.3 is 0 Å². The molecule has 0 saturated carbocycles. The van der Waals surface area contributed by atoms with Crippen LogP contribution in [0.4, 0.5) is 0 Å². The maximum absolute atomic E-state index is 5.95. The van der Waals surface area contributed by atoms with E-state index in [0.29, 0.717) is 0 Å². The minimum Gasteiger partial charge on any atom is -0.447 e. The Hall–Kier alpha value is -1.85. The van der Waals surface area contributed by atoms with Gasteiger partial charge < -0.3 is 4.74 Å². The van der Waals surface area contributed by atoms with Crippen LogP contribution in [0.5, 0.6) is 11.5 Å². The van der Waals surface area contributed by atoms with Crippen LogP contribution in [-0.2, 0) is 10.9 Å². The zero-order chi connectivity index (χ0) is 13.1. The summed E-state index contributed by atoms with van der Waals surface area (Å²) in [6, 6.07) is 16.4. The molecule has 1 aliphatic heterocycles. The van der Waals surface area contributed by atoms with Crippen LogP contribution in [0.25, 0.3) is 0 Å². The molecular formula is C17H15OS+. The van der Waals surface area contributed by atoms with Gasteiger partial charge in [-0.15, -0.1) is 0 Å². The fourth-order valence-corrected chi connectivity index (χ4v) is 3.76. The Bertz CT molecular complexity index is 606. The monoisotopic (exact) mass is 267 g/mol. The third kappa shape index (κ3) is 2.34. The van der Waals surface area contributed by atoms with Crippen molar-refractivity contribution < 1.29 is 4.74 Å². The van der Waals surface area contributed by atoms with Crippen LogP contribution in [0.3, 0.4) is 0 Å². The summed E-state index contributed by atoms with van der Waals surface area (Å²) in [6.45, 7) is 2.16. The first-order valence-corrected chi connectivity index (χ1v) is 7.71. The SMILES string of the molecule is CCCC#C[S+]1c2ccccc2Oc2ccccc21. The van der Waals surface area contributed by atoms with Gasteiger partial charge in [-0.25, -0.2) is 0 Å². The third-order valence-corrected chi connectivity index (χ3v) is 4.81. The van der Waals surface area contributed by atoms with Crippen molar-refractivity contribution in [1.82, 2.24) is 0 Å². The average molecular weight is 267 g/mol. The molecule has 3 rings (SSSR count). The summed E-state index contributed by atoms with van der Waals surface area (Å²) in [4.78, 5) is 2.40. The molecule has 19 heavy (non-hydrogen) atoms. The van der Waals surface area contributed by atoms with Gasteiger partial charge in [0.2, 0.25) is 9.79 Å². The van der Waals surface area contributed by atoms with E-state index in [1.54, 1.807) is 0 Å². The largest absolute Gasteiger partial charge is 0.447 e. The first kappa shape index (κ1) is 12.2. The number of para-hydroxylation sites is 2. The van der Waals surface area contributed by atoms with Crippen LogP contribution in [0.2, 0.25) is 0 Å². The topological polar surface area (TPSA) is 9.23 Å². The number of unbranched alkanes of at least 4 members (excludes halogenated alkanes) is 1. The van der Waals surface area contributed by atoms with Crippen molar-refractivity contribution in [2.45, 2.75) is 29.6 Å². The summed E-state index contributed by atoms with van der Waals surface area (Å²) in [5.74, 6) is 5.17. The number of ether oxygens (including phenoxy) is 1. The van der Waals surface area contributed by atoms with Gasteiger partial charge in [0, 0.05) is 6.42 Å². The Kier molecular flexibility index (Phi) is 3.48.